The lowest BCUT2D eigenvalue weighted by Crippen LogP contribution is -2.30. The molecule has 3 rings (SSSR count). The number of rotatable bonds is 7. The van der Waals surface area contributed by atoms with Gasteiger partial charge in [-0.15, -0.1) is 0 Å². The smallest absolute Gasteiger partial charge is 0.326 e. The molecule has 7 nitrogen and oxygen atoms in total. The number of carbonyl (C=O) groups excluding carboxylic acids is 1. The zero-order chi connectivity index (χ0) is 25.3. The van der Waals surface area contributed by atoms with E-state index in [0.29, 0.717) is 22.6 Å². The second-order valence-electron chi connectivity index (χ2n) is 8.13. The van der Waals surface area contributed by atoms with Gasteiger partial charge in [0.15, 0.2) is 0 Å². The monoisotopic (exact) mass is 494 g/mol. The van der Waals surface area contributed by atoms with Gasteiger partial charge in [-0.2, -0.15) is 18.3 Å². The van der Waals surface area contributed by atoms with Gasteiger partial charge in [0.2, 0.25) is 15.9 Å². The summed E-state index contributed by atoms with van der Waals surface area (Å²) in [4.78, 5) is 12.7. The molecule has 0 saturated heterocycles. The summed E-state index contributed by atoms with van der Waals surface area (Å²) in [7, 11) is -3.64. The van der Waals surface area contributed by atoms with Crippen LogP contribution in [0, 0.1) is 13.8 Å². The molecule has 3 aromatic rings. The summed E-state index contributed by atoms with van der Waals surface area (Å²) in [5, 5.41) is 7.02. The topological polar surface area (TPSA) is 93.1 Å². The van der Waals surface area contributed by atoms with Crippen LogP contribution >= 0.6 is 0 Å². The molecule has 0 saturated carbocycles. The first-order chi connectivity index (χ1) is 15.8. The Kier molecular flexibility index (Phi) is 7.18. The molecule has 1 amide bonds. The number of amides is 1. The van der Waals surface area contributed by atoms with Crippen LogP contribution in [0.2, 0.25) is 0 Å². The van der Waals surface area contributed by atoms with Crippen LogP contribution in [0.1, 0.15) is 36.4 Å². The minimum atomic E-state index is -4.48. The predicted octanol–water partition coefficient (Wildman–Crippen LogP) is 4.38. The fourth-order valence-corrected chi connectivity index (χ4v) is 4.71. The molecule has 2 aromatic carbocycles. The summed E-state index contributed by atoms with van der Waals surface area (Å²) in [6.07, 6.45) is -4.53. The SMILES string of the molecule is Cc1nn(-c2cccc(C(F)(F)F)c2)c(C)c1CC(=O)Nc1ccc(S(=O)(=O)NC(C)C)cc1. The third kappa shape index (κ3) is 5.84. The molecule has 0 aliphatic rings. The summed E-state index contributed by atoms with van der Waals surface area (Å²) >= 11 is 0. The minimum Gasteiger partial charge on any atom is -0.326 e. The maximum absolute atomic E-state index is 13.1. The van der Waals surface area contributed by atoms with E-state index in [4.69, 9.17) is 0 Å². The third-order valence-electron chi connectivity index (χ3n) is 5.04. The Balaban J connectivity index is 1.76. The number of sulfonamides is 1. The van der Waals surface area contributed by atoms with Crippen LogP contribution in [0.4, 0.5) is 18.9 Å². The van der Waals surface area contributed by atoms with E-state index in [9.17, 15) is 26.4 Å². The van der Waals surface area contributed by atoms with Crippen LogP contribution in [0.5, 0.6) is 0 Å². The Morgan fingerprint density at radius 1 is 1.09 bits per heavy atom. The molecule has 0 atom stereocenters. The first-order valence-corrected chi connectivity index (χ1v) is 11.9. The van der Waals surface area contributed by atoms with Crippen LogP contribution in [0.3, 0.4) is 0 Å². The molecule has 1 aromatic heterocycles. The highest BCUT2D eigenvalue weighted by Gasteiger charge is 2.31. The molecular formula is C23H25F3N4O3S. The molecule has 0 bridgehead atoms. The molecule has 2 N–H and O–H groups in total. The highest BCUT2D eigenvalue weighted by molar-refractivity contribution is 7.89. The number of carbonyl (C=O) groups is 1. The van der Waals surface area contributed by atoms with Crippen molar-refractivity contribution < 1.29 is 26.4 Å². The van der Waals surface area contributed by atoms with Gasteiger partial charge in [0, 0.05) is 23.0 Å². The molecule has 34 heavy (non-hydrogen) atoms. The quantitative estimate of drug-likeness (QED) is 0.510. The fourth-order valence-electron chi connectivity index (χ4n) is 3.46. The summed E-state index contributed by atoms with van der Waals surface area (Å²) < 4.78 is 67.5. The van der Waals surface area contributed by atoms with Crippen molar-refractivity contribution >= 4 is 21.6 Å². The van der Waals surface area contributed by atoms with Crippen LogP contribution in [-0.2, 0) is 27.4 Å². The number of nitrogens with one attached hydrogen (secondary N) is 2. The van der Waals surface area contributed by atoms with Crippen molar-refractivity contribution in [1.29, 1.82) is 0 Å². The molecule has 0 unspecified atom stereocenters. The van der Waals surface area contributed by atoms with E-state index in [0.717, 1.165) is 12.1 Å². The molecule has 1 heterocycles. The third-order valence-corrected chi connectivity index (χ3v) is 6.71. The van der Waals surface area contributed by atoms with Gasteiger partial charge >= 0.3 is 6.18 Å². The second-order valence-corrected chi connectivity index (χ2v) is 9.85. The van der Waals surface area contributed by atoms with Gasteiger partial charge in [-0.3, -0.25) is 4.79 Å². The maximum Gasteiger partial charge on any atom is 0.416 e. The molecule has 11 heteroatoms. The number of hydrogen-bond donors (Lipinski definition) is 2. The lowest BCUT2D eigenvalue weighted by atomic mass is 10.1. The van der Waals surface area contributed by atoms with Crippen LogP contribution < -0.4 is 10.0 Å². The second kappa shape index (κ2) is 9.59. The van der Waals surface area contributed by atoms with E-state index in [-0.39, 0.29) is 29.0 Å². The number of aromatic nitrogens is 2. The molecule has 0 aliphatic carbocycles. The summed E-state index contributed by atoms with van der Waals surface area (Å²) in [6, 6.07) is 10.3. The molecule has 0 fully saturated rings. The Labute approximate surface area is 196 Å². The number of alkyl halides is 3. The lowest BCUT2D eigenvalue weighted by molar-refractivity contribution is -0.137. The highest BCUT2D eigenvalue weighted by Crippen LogP contribution is 2.31. The Morgan fingerprint density at radius 3 is 2.32 bits per heavy atom. The van der Waals surface area contributed by atoms with Crippen LogP contribution in [0.15, 0.2) is 53.4 Å². The predicted molar refractivity (Wildman–Crippen MR) is 122 cm³/mol. The first-order valence-electron chi connectivity index (χ1n) is 10.4. The van der Waals surface area contributed by atoms with Gasteiger partial charge in [-0.05, 0) is 70.2 Å². The molecule has 182 valence electrons. The molecule has 0 spiro atoms. The zero-order valence-electron chi connectivity index (χ0n) is 19.1. The number of anilines is 1. The van der Waals surface area contributed by atoms with Crippen molar-refractivity contribution in [1.82, 2.24) is 14.5 Å². The standard InChI is InChI=1S/C23H25F3N4O3S/c1-14(2)29-34(32,33)20-10-8-18(9-11-20)27-22(31)13-21-15(3)28-30(16(21)4)19-7-5-6-17(12-19)23(24,25)26/h5-12,14,29H,13H2,1-4H3,(H,27,31). The van der Waals surface area contributed by atoms with Crippen molar-refractivity contribution in [3.05, 3.63) is 71.0 Å². The van der Waals surface area contributed by atoms with E-state index in [2.05, 4.69) is 15.1 Å². The molecule has 0 aliphatic heterocycles. The van der Waals surface area contributed by atoms with Crippen LogP contribution in [0.25, 0.3) is 5.69 Å². The van der Waals surface area contributed by atoms with Gasteiger partial charge < -0.3 is 5.32 Å². The van der Waals surface area contributed by atoms with Gasteiger partial charge in [0.25, 0.3) is 0 Å². The fraction of sp³-hybridized carbons (Fsp3) is 0.304. The number of aryl methyl sites for hydroxylation is 1. The summed E-state index contributed by atoms with van der Waals surface area (Å²) in [5.41, 5.74) is 1.53. The van der Waals surface area contributed by atoms with Crippen molar-refractivity contribution in [3.8, 4) is 5.69 Å². The van der Waals surface area contributed by atoms with E-state index < -0.39 is 21.8 Å². The average molecular weight is 495 g/mol. The zero-order valence-corrected chi connectivity index (χ0v) is 19.9. The van der Waals surface area contributed by atoms with Crippen molar-refractivity contribution in [2.75, 3.05) is 5.32 Å². The number of halogens is 3. The van der Waals surface area contributed by atoms with Gasteiger partial charge in [0.05, 0.1) is 28.3 Å². The average Bonchev–Trinajstić information content (AvgIpc) is 3.01. The van der Waals surface area contributed by atoms with Crippen molar-refractivity contribution in [2.24, 2.45) is 0 Å². The van der Waals surface area contributed by atoms with E-state index in [1.165, 1.54) is 41.1 Å². The van der Waals surface area contributed by atoms with Gasteiger partial charge in [-0.25, -0.2) is 17.8 Å². The minimum absolute atomic E-state index is 0.0500. The maximum atomic E-state index is 13.1. The normalized spacial score (nSPS) is 12.2. The number of benzene rings is 2. The number of nitrogens with zero attached hydrogens (tertiary/aromatic N) is 2. The van der Waals surface area contributed by atoms with Crippen molar-refractivity contribution in [3.63, 3.8) is 0 Å². The lowest BCUT2D eigenvalue weighted by Gasteiger charge is -2.11. The van der Waals surface area contributed by atoms with Gasteiger partial charge in [-0.1, -0.05) is 6.07 Å². The Morgan fingerprint density at radius 2 is 1.74 bits per heavy atom. The molecular weight excluding hydrogens is 469 g/mol. The van der Waals surface area contributed by atoms with E-state index in [1.807, 2.05) is 0 Å². The van der Waals surface area contributed by atoms with Crippen LogP contribution in [-0.4, -0.2) is 30.1 Å². The highest BCUT2D eigenvalue weighted by atomic mass is 32.2. The first kappa shape index (κ1) is 25.4. The summed E-state index contributed by atoms with van der Waals surface area (Å²) in [6.45, 7) is 6.79. The van der Waals surface area contributed by atoms with E-state index in [1.54, 1.807) is 27.7 Å². The Bertz CT molecular complexity index is 1300. The number of hydrogen-bond acceptors (Lipinski definition) is 4. The van der Waals surface area contributed by atoms with E-state index >= 15 is 0 Å². The molecule has 0 radical (unpaired) electrons. The van der Waals surface area contributed by atoms with Gasteiger partial charge in [0.1, 0.15) is 0 Å². The summed E-state index contributed by atoms with van der Waals surface area (Å²) in [5.74, 6) is -0.370. The van der Waals surface area contributed by atoms with Crippen molar-refractivity contribution in [2.45, 2.75) is 51.2 Å². The largest absolute Gasteiger partial charge is 0.416 e. The Hall–Kier alpha value is -3.18.